The van der Waals surface area contributed by atoms with Crippen molar-refractivity contribution < 1.29 is 32.0 Å². The smallest absolute Gasteiger partial charge is 0.329 e. The van der Waals surface area contributed by atoms with Gasteiger partial charge in [0.25, 0.3) is 10.1 Å². The van der Waals surface area contributed by atoms with Crippen LogP contribution in [0, 0.1) is 0 Å². The Morgan fingerprint density at radius 1 is 1.14 bits per heavy atom. The molecular weight excluding hydrogens is 415 g/mol. The van der Waals surface area contributed by atoms with Crippen molar-refractivity contribution in [1.82, 2.24) is 0 Å². The lowest BCUT2D eigenvalue weighted by molar-refractivity contribution is -0.109. The minimum atomic E-state index is -4.83. The molecule has 2 unspecified atom stereocenters. The van der Waals surface area contributed by atoms with Crippen molar-refractivity contribution in [1.29, 1.82) is 0 Å². The third kappa shape index (κ3) is 7.76. The van der Waals surface area contributed by atoms with Crippen molar-refractivity contribution in [2.45, 2.75) is 38.1 Å². The van der Waals surface area contributed by atoms with E-state index in [0.29, 0.717) is 6.42 Å². The summed E-state index contributed by atoms with van der Waals surface area (Å²) in [4.78, 5) is 13.1. The van der Waals surface area contributed by atoms with Crippen molar-refractivity contribution in [2.24, 2.45) is 0 Å². The Bertz CT molecular complexity index is 983. The van der Waals surface area contributed by atoms with Gasteiger partial charge >= 0.3 is 7.60 Å². The zero-order valence-corrected chi connectivity index (χ0v) is 18.0. The molecule has 2 aromatic carbocycles. The van der Waals surface area contributed by atoms with E-state index in [2.05, 4.69) is 4.67 Å². The molecule has 0 aliphatic rings. The first kappa shape index (κ1) is 23.3. The quantitative estimate of drug-likeness (QED) is 0.235. The number of aryl methyl sites for hydroxylation is 1. The summed E-state index contributed by atoms with van der Waals surface area (Å²) in [6, 6.07) is 15.8. The highest BCUT2D eigenvalue weighted by Gasteiger charge is 2.43. The Kier molecular flexibility index (Phi) is 8.19. The summed E-state index contributed by atoms with van der Waals surface area (Å²) in [5, 5.41) is 0. The molecule has 0 saturated heterocycles. The van der Waals surface area contributed by atoms with Gasteiger partial charge < -0.3 is 9.78 Å². The Labute approximate surface area is 171 Å². The average Bonchev–Trinajstić information content (AvgIpc) is 2.63. The summed E-state index contributed by atoms with van der Waals surface area (Å²) < 4.78 is 49.9. The average molecular weight is 440 g/mol. The zero-order valence-electron chi connectivity index (χ0n) is 16.3. The fourth-order valence-corrected chi connectivity index (χ4v) is 5.45. The molecule has 0 aliphatic carbocycles. The first-order valence-electron chi connectivity index (χ1n) is 9.02. The van der Waals surface area contributed by atoms with Crippen LogP contribution in [0.2, 0.25) is 0 Å². The summed E-state index contributed by atoms with van der Waals surface area (Å²) in [6.45, 7) is 3.83. The fourth-order valence-electron chi connectivity index (χ4n) is 2.74. The molecule has 0 aliphatic heterocycles. The second-order valence-corrected chi connectivity index (χ2v) is 10.7. The van der Waals surface area contributed by atoms with Crippen molar-refractivity contribution in [3.8, 4) is 5.75 Å². The predicted molar refractivity (Wildman–Crippen MR) is 112 cm³/mol. The van der Waals surface area contributed by atoms with E-state index in [0.717, 1.165) is 16.7 Å². The standard InChI is InChI=1S/C20H25O7PS/c1-16(2)14-18-11-6-12-19(15-18)26-27-28(21,22)20(29(23,24)25)13-7-10-17-8-4-3-5-9-17/h3-6,8-9,11-12,14-15,20H,7,10,13H2,1-2H3,(H,21,22)(H,23,24,25). The largest absolute Gasteiger partial charge is 0.386 e. The van der Waals surface area contributed by atoms with Crippen molar-refractivity contribution >= 4 is 23.8 Å². The number of rotatable bonds is 10. The summed E-state index contributed by atoms with van der Waals surface area (Å²) >= 11 is 0. The summed E-state index contributed by atoms with van der Waals surface area (Å²) in [5.41, 5.74) is 2.77. The SMILES string of the molecule is CC(C)=Cc1cccc(OOP(=O)(O)C(CCCc2ccccc2)S(=O)(=O)O)c1. The molecule has 0 fully saturated rings. The fraction of sp³-hybridized carbons (Fsp3) is 0.300. The molecule has 29 heavy (non-hydrogen) atoms. The van der Waals surface area contributed by atoms with Crippen LogP contribution in [0.5, 0.6) is 5.75 Å². The molecule has 0 spiro atoms. The molecule has 0 bridgehead atoms. The molecule has 2 atom stereocenters. The highest BCUT2D eigenvalue weighted by Crippen LogP contribution is 2.51. The maximum Gasteiger partial charge on any atom is 0.386 e. The third-order valence-corrected chi connectivity index (χ3v) is 7.82. The normalized spacial score (nSPS) is 14.6. The maximum atomic E-state index is 12.5. The summed E-state index contributed by atoms with van der Waals surface area (Å²) in [5.74, 6) is 0.132. The summed E-state index contributed by atoms with van der Waals surface area (Å²) in [7, 11) is -9.66. The second-order valence-electron chi connectivity index (χ2n) is 6.86. The predicted octanol–water partition coefficient (Wildman–Crippen LogP) is 4.84. The molecule has 7 nitrogen and oxygen atoms in total. The molecule has 0 amide bonds. The number of allylic oxidation sites excluding steroid dienone is 1. The molecular formula is C20H25O7PS. The van der Waals surface area contributed by atoms with Crippen molar-refractivity contribution in [3.05, 3.63) is 71.3 Å². The molecule has 2 rings (SSSR count). The van der Waals surface area contributed by atoms with Gasteiger partial charge in [0.05, 0.1) is 0 Å². The maximum absolute atomic E-state index is 12.5. The van der Waals surface area contributed by atoms with Gasteiger partial charge in [-0.25, -0.2) is 0 Å². The van der Waals surface area contributed by atoms with Crippen molar-refractivity contribution in [2.75, 3.05) is 0 Å². The van der Waals surface area contributed by atoms with E-state index in [1.807, 2.05) is 56.3 Å². The minimum absolute atomic E-state index is 0.132. The van der Waals surface area contributed by atoms with Gasteiger partial charge in [0, 0.05) is 0 Å². The van der Waals surface area contributed by atoms with E-state index in [1.54, 1.807) is 12.1 Å². The van der Waals surface area contributed by atoms with Gasteiger partial charge in [-0.05, 0) is 56.4 Å². The molecule has 9 heteroatoms. The van der Waals surface area contributed by atoms with Crippen LogP contribution in [0.1, 0.15) is 37.8 Å². The minimum Gasteiger partial charge on any atom is -0.329 e. The zero-order chi connectivity index (χ0) is 21.5. The lowest BCUT2D eigenvalue weighted by atomic mass is 10.1. The van der Waals surface area contributed by atoms with Crippen LogP contribution in [0.25, 0.3) is 6.08 Å². The Morgan fingerprint density at radius 3 is 2.45 bits per heavy atom. The molecule has 0 saturated carbocycles. The Balaban J connectivity index is 2.06. The monoisotopic (exact) mass is 440 g/mol. The lowest BCUT2D eigenvalue weighted by Gasteiger charge is -2.19. The van der Waals surface area contributed by atoms with Gasteiger partial charge in [0.15, 0.2) is 10.7 Å². The molecule has 0 radical (unpaired) electrons. The van der Waals surface area contributed by atoms with E-state index < -0.39 is 22.7 Å². The van der Waals surface area contributed by atoms with Gasteiger partial charge in [-0.3, -0.25) is 9.12 Å². The molecule has 2 aromatic rings. The highest BCUT2D eigenvalue weighted by atomic mass is 32.2. The van der Waals surface area contributed by atoms with E-state index in [-0.39, 0.29) is 18.6 Å². The number of hydrogen-bond acceptors (Lipinski definition) is 5. The second kappa shape index (κ2) is 10.2. The van der Waals surface area contributed by atoms with Crippen LogP contribution in [-0.2, 0) is 25.8 Å². The third-order valence-electron chi connectivity index (χ3n) is 4.02. The van der Waals surface area contributed by atoms with E-state index in [4.69, 9.17) is 4.89 Å². The lowest BCUT2D eigenvalue weighted by Crippen LogP contribution is -2.22. The first-order valence-corrected chi connectivity index (χ1v) is 12.2. The first-order chi connectivity index (χ1) is 13.6. The number of hydrogen-bond donors (Lipinski definition) is 2. The van der Waals surface area contributed by atoms with E-state index in [1.165, 1.54) is 6.07 Å². The van der Waals surface area contributed by atoms with Crippen molar-refractivity contribution in [3.63, 3.8) is 0 Å². The Hall–Kier alpha value is -1.96. The number of benzene rings is 2. The van der Waals surface area contributed by atoms with Crippen LogP contribution >= 0.6 is 7.60 Å². The van der Waals surface area contributed by atoms with E-state index >= 15 is 0 Å². The van der Waals surface area contributed by atoms with Crippen LogP contribution in [0.4, 0.5) is 0 Å². The van der Waals surface area contributed by atoms with Gasteiger partial charge in [0.1, 0.15) is 0 Å². The highest BCUT2D eigenvalue weighted by molar-refractivity contribution is 7.93. The van der Waals surface area contributed by atoms with Crippen LogP contribution in [0.3, 0.4) is 0 Å². The van der Waals surface area contributed by atoms with Gasteiger partial charge in [0.2, 0.25) is 0 Å². The van der Waals surface area contributed by atoms with Crippen LogP contribution < -0.4 is 4.89 Å². The van der Waals surface area contributed by atoms with E-state index in [9.17, 15) is 22.4 Å². The Morgan fingerprint density at radius 2 is 1.83 bits per heavy atom. The molecule has 158 valence electrons. The van der Waals surface area contributed by atoms with Crippen LogP contribution in [0.15, 0.2) is 60.2 Å². The topological polar surface area (TPSA) is 110 Å². The summed E-state index contributed by atoms with van der Waals surface area (Å²) in [6.07, 6.45) is 2.36. The molecule has 2 N–H and O–H groups in total. The van der Waals surface area contributed by atoms with Gasteiger partial charge in [-0.15, -0.1) is 0 Å². The molecule has 0 aromatic heterocycles. The van der Waals surface area contributed by atoms with Gasteiger partial charge in [-0.2, -0.15) is 8.42 Å². The van der Waals surface area contributed by atoms with Crippen LogP contribution in [-0.4, -0.2) is 22.9 Å². The van der Waals surface area contributed by atoms with Gasteiger partial charge in [-0.1, -0.05) is 58.8 Å². The molecule has 0 heterocycles.